The predicted molar refractivity (Wildman–Crippen MR) is 92.0 cm³/mol. The standard InChI is InChI=1S/C15H27O9P2/c1-8-10(3)22-13(14(8)23-25(16)17)7-20-26(18)24-15-9(2)11(4)21-12(15)6-19-5/h8-15H,6-7H2,1-5H3/q+1/p+1/t8?,9?,10-,11-,12+,13+,14+,15+/m0/s1. The maximum absolute atomic E-state index is 12.3. The van der Waals surface area contributed by atoms with E-state index in [9.17, 15) is 9.13 Å². The second kappa shape index (κ2) is 9.92. The van der Waals surface area contributed by atoms with E-state index >= 15 is 0 Å². The predicted octanol–water partition coefficient (Wildman–Crippen LogP) is 2.57. The van der Waals surface area contributed by atoms with Crippen LogP contribution >= 0.6 is 16.5 Å². The molecule has 0 aromatic carbocycles. The average molecular weight is 414 g/mol. The SMILES string of the molecule is COC[C@H]1O[C@@H](C)C(C)[C@H]1O[P+](=O)OC[C@H]1O[C@@H](C)C(C)[C@H]1O[P+](=O)O. The second-order valence-corrected chi connectivity index (χ2v) is 8.43. The summed E-state index contributed by atoms with van der Waals surface area (Å²) in [5.41, 5.74) is 0. The Morgan fingerprint density at radius 3 is 1.88 bits per heavy atom. The maximum atomic E-state index is 12.3. The molecule has 0 aromatic rings. The summed E-state index contributed by atoms with van der Waals surface area (Å²) in [6.07, 6.45) is -2.14. The Labute approximate surface area is 155 Å². The van der Waals surface area contributed by atoms with Crippen LogP contribution in [0.3, 0.4) is 0 Å². The summed E-state index contributed by atoms with van der Waals surface area (Å²) >= 11 is 0. The molecule has 0 saturated carbocycles. The van der Waals surface area contributed by atoms with Gasteiger partial charge >= 0.3 is 16.5 Å². The molecule has 2 heterocycles. The van der Waals surface area contributed by atoms with Crippen LogP contribution in [0.15, 0.2) is 0 Å². The van der Waals surface area contributed by atoms with Crippen molar-refractivity contribution < 1.29 is 41.8 Å². The number of methoxy groups -OCH3 is 1. The molecule has 1 N–H and O–H groups in total. The first-order valence-corrected chi connectivity index (χ1v) is 10.9. The van der Waals surface area contributed by atoms with E-state index in [0.717, 1.165) is 0 Å². The molecular weight excluding hydrogens is 386 g/mol. The Morgan fingerprint density at radius 2 is 1.38 bits per heavy atom. The molecule has 150 valence electrons. The molecule has 0 aliphatic carbocycles. The molecule has 2 aliphatic heterocycles. The van der Waals surface area contributed by atoms with Gasteiger partial charge in [-0.15, -0.1) is 18.5 Å². The first kappa shape index (κ1) is 22.2. The van der Waals surface area contributed by atoms with Crippen LogP contribution < -0.4 is 0 Å². The van der Waals surface area contributed by atoms with Gasteiger partial charge in [0.05, 0.1) is 18.8 Å². The molecule has 11 heteroatoms. The van der Waals surface area contributed by atoms with E-state index < -0.39 is 34.8 Å². The van der Waals surface area contributed by atoms with Crippen LogP contribution in [-0.4, -0.2) is 61.8 Å². The minimum Gasteiger partial charge on any atom is -0.382 e. The Morgan fingerprint density at radius 1 is 0.885 bits per heavy atom. The van der Waals surface area contributed by atoms with Crippen molar-refractivity contribution in [1.29, 1.82) is 0 Å². The molecule has 10 atom stereocenters. The normalized spacial score (nSPS) is 41.5. The van der Waals surface area contributed by atoms with Crippen LogP contribution in [-0.2, 0) is 36.9 Å². The van der Waals surface area contributed by atoms with Gasteiger partial charge in [0.25, 0.3) is 0 Å². The lowest BCUT2D eigenvalue weighted by molar-refractivity contribution is -0.0294. The summed E-state index contributed by atoms with van der Waals surface area (Å²) in [5.74, 6) is -0.0568. The zero-order valence-corrected chi connectivity index (χ0v) is 17.4. The fourth-order valence-electron chi connectivity index (χ4n) is 3.29. The monoisotopic (exact) mass is 414 g/mol. The summed E-state index contributed by atoms with van der Waals surface area (Å²) in [6.45, 7) is 7.86. The average Bonchev–Trinajstić information content (AvgIpc) is 2.98. The molecule has 0 amide bonds. The van der Waals surface area contributed by atoms with Crippen molar-refractivity contribution in [1.82, 2.24) is 0 Å². The van der Waals surface area contributed by atoms with Gasteiger partial charge in [0.15, 0.2) is 0 Å². The molecule has 0 spiro atoms. The first-order valence-electron chi connectivity index (χ1n) is 8.64. The third-order valence-electron chi connectivity index (χ3n) is 5.12. The van der Waals surface area contributed by atoms with Crippen LogP contribution in [0, 0.1) is 11.8 Å². The Kier molecular flexibility index (Phi) is 8.47. The molecule has 9 nitrogen and oxygen atoms in total. The fourth-order valence-corrected chi connectivity index (χ4v) is 4.69. The lowest BCUT2D eigenvalue weighted by Gasteiger charge is -2.15. The lowest BCUT2D eigenvalue weighted by atomic mass is 10.00. The van der Waals surface area contributed by atoms with Gasteiger partial charge in [0, 0.05) is 28.1 Å². The van der Waals surface area contributed by atoms with Crippen LogP contribution in [0.5, 0.6) is 0 Å². The van der Waals surface area contributed by atoms with E-state index in [1.165, 1.54) is 0 Å². The minimum atomic E-state index is -2.76. The minimum absolute atomic E-state index is 0.0370. The van der Waals surface area contributed by atoms with Crippen molar-refractivity contribution in [2.45, 2.75) is 64.3 Å². The van der Waals surface area contributed by atoms with Crippen LogP contribution in [0.1, 0.15) is 27.7 Å². The van der Waals surface area contributed by atoms with Gasteiger partial charge < -0.3 is 14.2 Å². The van der Waals surface area contributed by atoms with Crippen LogP contribution in [0.4, 0.5) is 0 Å². The highest BCUT2D eigenvalue weighted by atomic mass is 31.1. The highest BCUT2D eigenvalue weighted by Gasteiger charge is 2.49. The molecule has 26 heavy (non-hydrogen) atoms. The summed E-state index contributed by atoms with van der Waals surface area (Å²) in [6, 6.07) is 0. The van der Waals surface area contributed by atoms with Crippen molar-refractivity contribution in [3.63, 3.8) is 0 Å². The van der Waals surface area contributed by atoms with E-state index in [-0.39, 0.29) is 36.8 Å². The molecule has 2 aliphatic rings. The van der Waals surface area contributed by atoms with Gasteiger partial charge in [-0.2, -0.15) is 0 Å². The Bertz CT molecular complexity index is 506. The molecule has 2 rings (SSSR count). The fraction of sp³-hybridized carbons (Fsp3) is 1.00. The number of hydrogen-bond acceptors (Lipinski definition) is 8. The molecule has 0 radical (unpaired) electrons. The summed E-state index contributed by atoms with van der Waals surface area (Å²) in [5, 5.41) is 0. The van der Waals surface area contributed by atoms with Crippen molar-refractivity contribution in [2.75, 3.05) is 20.3 Å². The zero-order chi connectivity index (χ0) is 19.4. The number of rotatable bonds is 9. The molecule has 2 saturated heterocycles. The first-order chi connectivity index (χ1) is 12.2. The summed E-state index contributed by atoms with van der Waals surface area (Å²) in [7, 11) is -3.61. The Balaban J connectivity index is 1.88. The zero-order valence-electron chi connectivity index (χ0n) is 15.6. The third kappa shape index (κ3) is 5.47. The summed E-state index contributed by atoms with van der Waals surface area (Å²) in [4.78, 5) is 9.02. The molecule has 4 unspecified atom stereocenters. The van der Waals surface area contributed by atoms with Crippen molar-refractivity contribution in [2.24, 2.45) is 11.8 Å². The largest absolute Gasteiger partial charge is 0.697 e. The van der Waals surface area contributed by atoms with Gasteiger partial charge in [-0.05, 0) is 13.8 Å². The van der Waals surface area contributed by atoms with E-state index in [1.807, 2.05) is 27.7 Å². The van der Waals surface area contributed by atoms with Gasteiger partial charge in [-0.25, -0.2) is 0 Å². The van der Waals surface area contributed by atoms with Crippen LogP contribution in [0.25, 0.3) is 0 Å². The highest BCUT2D eigenvalue weighted by Crippen LogP contribution is 2.39. The molecular formula is C15H28O9P2+2. The third-order valence-corrected chi connectivity index (χ3v) is 6.32. The Hall–Kier alpha value is -0.0800. The maximum Gasteiger partial charge on any atom is 0.697 e. The smallest absolute Gasteiger partial charge is 0.382 e. The number of hydrogen-bond donors (Lipinski definition) is 1. The highest BCUT2D eigenvalue weighted by molar-refractivity contribution is 7.33. The van der Waals surface area contributed by atoms with Gasteiger partial charge in [0.2, 0.25) is 0 Å². The van der Waals surface area contributed by atoms with E-state index in [1.54, 1.807) is 7.11 Å². The van der Waals surface area contributed by atoms with Gasteiger partial charge in [-0.1, -0.05) is 13.8 Å². The second-order valence-electron chi connectivity index (χ2n) is 6.83. The topological polar surface area (TPSA) is 110 Å². The van der Waals surface area contributed by atoms with Crippen molar-refractivity contribution in [3.8, 4) is 0 Å². The van der Waals surface area contributed by atoms with Gasteiger partial charge in [-0.3, -0.25) is 0 Å². The lowest BCUT2D eigenvalue weighted by Crippen LogP contribution is -2.32. The quantitative estimate of drug-likeness (QED) is 0.569. The molecule has 0 aromatic heterocycles. The van der Waals surface area contributed by atoms with Crippen LogP contribution in [0.2, 0.25) is 0 Å². The molecule has 2 fully saturated rings. The van der Waals surface area contributed by atoms with E-state index in [2.05, 4.69) is 0 Å². The summed E-state index contributed by atoms with van der Waals surface area (Å²) < 4.78 is 55.7. The number of ether oxygens (including phenoxy) is 3. The molecule has 0 bridgehead atoms. The van der Waals surface area contributed by atoms with E-state index in [4.69, 9.17) is 32.7 Å². The van der Waals surface area contributed by atoms with E-state index in [0.29, 0.717) is 6.61 Å². The van der Waals surface area contributed by atoms with Crippen molar-refractivity contribution in [3.05, 3.63) is 0 Å². The van der Waals surface area contributed by atoms with Crippen molar-refractivity contribution >= 4 is 16.5 Å². The van der Waals surface area contributed by atoms with Gasteiger partial charge in [0.1, 0.15) is 31.0 Å².